The van der Waals surface area contributed by atoms with Gasteiger partial charge in [-0.15, -0.1) is 5.10 Å². The zero-order valence-electron chi connectivity index (χ0n) is 23.1. The van der Waals surface area contributed by atoms with E-state index in [0.717, 1.165) is 71.1 Å². The number of aromatic nitrogens is 4. The van der Waals surface area contributed by atoms with Crippen molar-refractivity contribution < 1.29 is 14.3 Å². The molecule has 2 saturated heterocycles. The van der Waals surface area contributed by atoms with Crippen molar-refractivity contribution in [2.45, 2.75) is 6.42 Å². The Morgan fingerprint density at radius 2 is 1.88 bits per heavy atom. The number of amides is 2. The van der Waals surface area contributed by atoms with Crippen LogP contribution in [0.15, 0.2) is 42.7 Å². The zero-order chi connectivity index (χ0) is 28.8. The second-order valence-electron chi connectivity index (χ2n) is 10.2. The van der Waals surface area contributed by atoms with Crippen molar-refractivity contribution in [3.8, 4) is 5.69 Å². The van der Waals surface area contributed by atoms with Gasteiger partial charge in [-0.05, 0) is 43.8 Å². The van der Waals surface area contributed by atoms with E-state index in [1.807, 2.05) is 18.2 Å². The van der Waals surface area contributed by atoms with Crippen LogP contribution < -0.4 is 16.1 Å². The predicted molar refractivity (Wildman–Crippen MR) is 155 cm³/mol. The number of anilines is 2. The molecule has 0 bridgehead atoms. The molecule has 13 nitrogen and oxygen atoms in total. The standard InChI is InChI=1S/C27H35ClN10O3/c1-34-9-11-36(12-10-34)24-5-4-21(17-22(24)31-26(39)20-3-6-25(28)30-18-20)38-19-23(32-33-38)27(40)37(29)8-2-7-35-13-15-41-16-14-35/h3-6,17-19H,2,7-16,29H2,1H3,(H,31,39). The van der Waals surface area contributed by atoms with Gasteiger partial charge >= 0.3 is 0 Å². The minimum absolute atomic E-state index is 0.139. The molecular weight excluding hydrogens is 548 g/mol. The van der Waals surface area contributed by atoms with Gasteiger partial charge in [-0.3, -0.25) is 19.5 Å². The number of hydrazine groups is 1. The highest BCUT2D eigenvalue weighted by molar-refractivity contribution is 6.29. The van der Waals surface area contributed by atoms with Crippen LogP contribution >= 0.6 is 11.6 Å². The first-order valence-electron chi connectivity index (χ1n) is 13.7. The number of carbonyl (C=O) groups excluding carboxylic acids is 2. The Balaban J connectivity index is 1.30. The minimum atomic E-state index is -0.406. The molecule has 3 aromatic rings. The van der Waals surface area contributed by atoms with Crippen LogP contribution in [-0.4, -0.2) is 119 Å². The van der Waals surface area contributed by atoms with Gasteiger partial charge in [-0.2, -0.15) is 0 Å². The molecule has 2 aliphatic rings. The van der Waals surface area contributed by atoms with Gasteiger partial charge in [0, 0.05) is 58.6 Å². The van der Waals surface area contributed by atoms with Crippen LogP contribution in [0.2, 0.25) is 5.15 Å². The van der Waals surface area contributed by atoms with Crippen molar-refractivity contribution >= 4 is 34.8 Å². The highest BCUT2D eigenvalue weighted by Crippen LogP contribution is 2.30. The van der Waals surface area contributed by atoms with Crippen LogP contribution in [0.25, 0.3) is 5.69 Å². The molecule has 218 valence electrons. The van der Waals surface area contributed by atoms with E-state index in [1.165, 1.54) is 15.9 Å². The van der Waals surface area contributed by atoms with Gasteiger partial charge in [0.05, 0.1) is 42.0 Å². The van der Waals surface area contributed by atoms with Gasteiger partial charge < -0.3 is 19.9 Å². The van der Waals surface area contributed by atoms with Crippen molar-refractivity contribution in [2.24, 2.45) is 5.84 Å². The second kappa shape index (κ2) is 13.4. The van der Waals surface area contributed by atoms with Gasteiger partial charge in [0.2, 0.25) is 0 Å². The molecule has 41 heavy (non-hydrogen) atoms. The number of morpholine rings is 1. The molecular formula is C27H35ClN10O3. The number of nitrogens with zero attached hydrogens (tertiary/aromatic N) is 8. The summed E-state index contributed by atoms with van der Waals surface area (Å²) in [7, 11) is 2.09. The Hall–Kier alpha value is -3.62. The third-order valence-corrected chi connectivity index (χ3v) is 7.50. The molecule has 4 heterocycles. The summed E-state index contributed by atoms with van der Waals surface area (Å²) in [5.74, 6) is 5.34. The Morgan fingerprint density at radius 3 is 2.61 bits per heavy atom. The third-order valence-electron chi connectivity index (χ3n) is 7.28. The number of hydrogen-bond acceptors (Lipinski definition) is 10. The number of carbonyl (C=O) groups is 2. The topological polar surface area (TPSA) is 138 Å². The molecule has 2 fully saturated rings. The maximum Gasteiger partial charge on any atom is 0.289 e. The van der Waals surface area contributed by atoms with Crippen molar-refractivity contribution in [3.63, 3.8) is 0 Å². The smallest absolute Gasteiger partial charge is 0.289 e. The molecule has 0 unspecified atom stereocenters. The summed E-state index contributed by atoms with van der Waals surface area (Å²) < 4.78 is 6.88. The van der Waals surface area contributed by atoms with E-state index in [4.69, 9.17) is 22.2 Å². The first-order chi connectivity index (χ1) is 19.9. The van der Waals surface area contributed by atoms with Gasteiger partial charge in [0.15, 0.2) is 5.69 Å². The molecule has 2 aliphatic heterocycles. The summed E-state index contributed by atoms with van der Waals surface area (Å²) >= 11 is 5.89. The number of rotatable bonds is 9. The lowest BCUT2D eigenvalue weighted by Crippen LogP contribution is -2.44. The summed E-state index contributed by atoms with van der Waals surface area (Å²) in [6.45, 7) is 7.94. The molecule has 14 heteroatoms. The van der Waals surface area contributed by atoms with E-state index in [2.05, 4.69) is 42.4 Å². The fourth-order valence-electron chi connectivity index (χ4n) is 4.82. The number of pyridine rings is 1. The summed E-state index contributed by atoms with van der Waals surface area (Å²) in [5, 5.41) is 12.7. The molecule has 1 aromatic carbocycles. The number of halogens is 1. The number of benzene rings is 1. The summed E-state index contributed by atoms with van der Waals surface area (Å²) in [6.07, 6.45) is 3.73. The lowest BCUT2D eigenvalue weighted by atomic mass is 10.1. The normalized spacial score (nSPS) is 16.5. The van der Waals surface area contributed by atoms with Gasteiger partial charge in [-0.1, -0.05) is 16.8 Å². The fraction of sp³-hybridized carbons (Fsp3) is 0.444. The predicted octanol–water partition coefficient (Wildman–Crippen LogP) is 1.36. The number of piperazine rings is 1. The van der Waals surface area contributed by atoms with E-state index < -0.39 is 5.91 Å². The molecule has 0 saturated carbocycles. The first-order valence-corrected chi connectivity index (χ1v) is 14.0. The molecule has 2 amide bonds. The fourth-order valence-corrected chi connectivity index (χ4v) is 4.93. The second-order valence-corrected chi connectivity index (χ2v) is 10.6. The quantitative estimate of drug-likeness (QED) is 0.165. The average Bonchev–Trinajstić information content (AvgIpc) is 3.48. The van der Waals surface area contributed by atoms with Crippen molar-refractivity contribution in [2.75, 3.05) is 82.8 Å². The van der Waals surface area contributed by atoms with Crippen LogP contribution in [-0.2, 0) is 4.74 Å². The molecule has 0 spiro atoms. The maximum atomic E-state index is 13.1. The van der Waals surface area contributed by atoms with E-state index >= 15 is 0 Å². The SMILES string of the molecule is CN1CCN(c2ccc(-n3cc(C(=O)N(N)CCCN4CCOCC4)nn3)cc2NC(=O)c2ccc(Cl)nc2)CC1. The Kier molecular flexibility index (Phi) is 9.42. The minimum Gasteiger partial charge on any atom is -0.379 e. The highest BCUT2D eigenvalue weighted by Gasteiger charge is 2.21. The molecule has 3 N–H and O–H groups in total. The monoisotopic (exact) mass is 582 g/mol. The third kappa shape index (κ3) is 7.37. The van der Waals surface area contributed by atoms with Crippen LogP contribution in [0, 0.1) is 0 Å². The number of nitrogens with two attached hydrogens (primary N) is 1. The molecule has 0 aliphatic carbocycles. The number of likely N-dealkylation sites (N-methyl/N-ethyl adjacent to an activating group) is 1. The Labute approximate surface area is 243 Å². The molecule has 0 radical (unpaired) electrons. The van der Waals surface area contributed by atoms with E-state index in [1.54, 1.807) is 18.3 Å². The zero-order valence-corrected chi connectivity index (χ0v) is 23.8. The van der Waals surface area contributed by atoms with E-state index in [9.17, 15) is 9.59 Å². The van der Waals surface area contributed by atoms with Crippen LogP contribution in [0.4, 0.5) is 11.4 Å². The molecule has 5 rings (SSSR count). The van der Waals surface area contributed by atoms with Gasteiger partial charge in [0.1, 0.15) is 5.15 Å². The van der Waals surface area contributed by atoms with Crippen molar-refractivity contribution in [1.29, 1.82) is 0 Å². The van der Waals surface area contributed by atoms with Gasteiger partial charge in [0.25, 0.3) is 11.8 Å². The summed E-state index contributed by atoms with van der Waals surface area (Å²) in [5.41, 5.74) is 2.66. The first kappa shape index (κ1) is 28.9. The highest BCUT2D eigenvalue weighted by atomic mass is 35.5. The van der Waals surface area contributed by atoms with E-state index in [-0.39, 0.29) is 11.6 Å². The Morgan fingerprint density at radius 1 is 1.10 bits per heavy atom. The lowest BCUT2D eigenvalue weighted by molar-refractivity contribution is 0.0357. The van der Waals surface area contributed by atoms with Crippen LogP contribution in [0.5, 0.6) is 0 Å². The number of nitrogens with one attached hydrogen (secondary N) is 1. The average molecular weight is 583 g/mol. The van der Waals surface area contributed by atoms with Crippen LogP contribution in [0.1, 0.15) is 27.3 Å². The lowest BCUT2D eigenvalue weighted by Gasteiger charge is -2.35. The Bertz CT molecular complexity index is 1340. The summed E-state index contributed by atoms with van der Waals surface area (Å²) in [6, 6.07) is 8.85. The molecule has 0 atom stereocenters. The van der Waals surface area contributed by atoms with Crippen molar-refractivity contribution in [3.05, 3.63) is 59.1 Å². The van der Waals surface area contributed by atoms with Crippen LogP contribution in [0.3, 0.4) is 0 Å². The molecule has 2 aromatic heterocycles. The van der Waals surface area contributed by atoms with Crippen molar-refractivity contribution in [1.82, 2.24) is 34.8 Å². The van der Waals surface area contributed by atoms with E-state index in [0.29, 0.717) is 28.6 Å². The number of hydrogen-bond donors (Lipinski definition) is 2. The van der Waals surface area contributed by atoms with Gasteiger partial charge in [-0.25, -0.2) is 15.5 Å². The summed E-state index contributed by atoms with van der Waals surface area (Å²) in [4.78, 5) is 36.8. The number of ether oxygens (including phenoxy) is 1. The largest absolute Gasteiger partial charge is 0.379 e. The maximum absolute atomic E-state index is 13.1.